The van der Waals surface area contributed by atoms with Crippen molar-refractivity contribution in [3.8, 4) is 0 Å². The van der Waals surface area contributed by atoms with E-state index in [9.17, 15) is 0 Å². The van der Waals surface area contributed by atoms with Gasteiger partial charge in [0.05, 0.1) is 5.04 Å². The molecule has 40 valence electrons. The maximum atomic E-state index is 4.21. The highest BCUT2D eigenvalue weighted by molar-refractivity contribution is 8.13. The molecule has 0 saturated heterocycles. The molecule has 1 aliphatic rings. The van der Waals surface area contributed by atoms with E-state index in [-0.39, 0.29) is 0 Å². The Balaban J connectivity index is 2.40. The molecule has 0 spiro atoms. The summed E-state index contributed by atoms with van der Waals surface area (Å²) in [6.07, 6.45) is 1.27. The zero-order valence-corrected chi connectivity index (χ0v) is 5.29. The molecule has 2 heteroatoms. The second-order valence-corrected chi connectivity index (χ2v) is 2.89. The Morgan fingerprint density at radius 3 is 2.86 bits per heavy atom. The molecule has 0 aromatic heterocycles. The smallest absolute Gasteiger partial charge is 0.0644 e. The Morgan fingerprint density at radius 1 is 1.71 bits per heavy atom. The summed E-state index contributed by atoms with van der Waals surface area (Å²) in [5.74, 6) is 1.27. The van der Waals surface area contributed by atoms with Crippen molar-refractivity contribution in [2.24, 2.45) is 4.99 Å². The van der Waals surface area contributed by atoms with Gasteiger partial charge in [0, 0.05) is 12.3 Å². The van der Waals surface area contributed by atoms with Gasteiger partial charge in [-0.1, -0.05) is 0 Å². The van der Waals surface area contributed by atoms with Crippen LogP contribution < -0.4 is 0 Å². The van der Waals surface area contributed by atoms with Crippen LogP contribution in [0.1, 0.15) is 13.3 Å². The van der Waals surface area contributed by atoms with Crippen LogP contribution in [-0.4, -0.2) is 17.3 Å². The van der Waals surface area contributed by atoms with Gasteiger partial charge in [-0.25, -0.2) is 0 Å². The van der Waals surface area contributed by atoms with E-state index in [2.05, 4.69) is 11.9 Å². The summed E-state index contributed by atoms with van der Waals surface area (Å²) in [6.45, 7) is 3.13. The average molecular weight is 115 g/mol. The highest BCUT2D eigenvalue weighted by Crippen LogP contribution is 2.10. The fourth-order valence-electron chi connectivity index (χ4n) is 0.567. The number of aliphatic imine (C=N–C) groups is 1. The van der Waals surface area contributed by atoms with Crippen LogP contribution in [0.25, 0.3) is 0 Å². The predicted molar refractivity (Wildman–Crippen MR) is 35.1 cm³/mol. The van der Waals surface area contributed by atoms with Gasteiger partial charge in [-0.3, -0.25) is 4.99 Å². The summed E-state index contributed by atoms with van der Waals surface area (Å²) in [7, 11) is 0. The average Bonchev–Trinajstić information content (AvgIpc) is 1.69. The molecule has 1 nitrogen and oxygen atoms in total. The van der Waals surface area contributed by atoms with Gasteiger partial charge >= 0.3 is 0 Å². The van der Waals surface area contributed by atoms with Crippen LogP contribution in [0.3, 0.4) is 0 Å². The Hall–Kier alpha value is 0.0200. The lowest BCUT2D eigenvalue weighted by atomic mass is 10.5. The summed E-state index contributed by atoms with van der Waals surface area (Å²) in [6, 6.07) is 0. The van der Waals surface area contributed by atoms with Gasteiger partial charge in [0.1, 0.15) is 0 Å². The van der Waals surface area contributed by atoms with Crippen molar-refractivity contribution >= 4 is 16.8 Å². The fraction of sp³-hybridized carbons (Fsp3) is 0.800. The van der Waals surface area contributed by atoms with E-state index in [0.717, 1.165) is 6.54 Å². The summed E-state index contributed by atoms with van der Waals surface area (Å²) in [5.41, 5.74) is 0. The van der Waals surface area contributed by atoms with Crippen molar-refractivity contribution in [3.05, 3.63) is 0 Å². The molecule has 0 aliphatic carbocycles. The molecule has 0 bridgehead atoms. The first-order chi connectivity index (χ1) is 3.39. The van der Waals surface area contributed by atoms with Crippen LogP contribution in [0.4, 0.5) is 0 Å². The molecule has 0 aromatic rings. The molecule has 0 fully saturated rings. The molecule has 0 radical (unpaired) electrons. The largest absolute Gasteiger partial charge is 0.283 e. The molecule has 1 heterocycles. The predicted octanol–water partition coefficient (Wildman–Crippen LogP) is 1.54. The highest BCUT2D eigenvalue weighted by atomic mass is 32.2. The van der Waals surface area contributed by atoms with E-state index in [1.165, 1.54) is 17.2 Å². The Bertz CT molecular complexity index is 88.1. The molecular weight excluding hydrogens is 106 g/mol. The number of hydrogen-bond acceptors (Lipinski definition) is 2. The Kier molecular flexibility index (Phi) is 1.74. The maximum absolute atomic E-state index is 4.21. The third-order valence-electron chi connectivity index (χ3n) is 0.948. The molecule has 7 heavy (non-hydrogen) atoms. The van der Waals surface area contributed by atoms with Gasteiger partial charge in [-0.15, -0.1) is 11.8 Å². The van der Waals surface area contributed by atoms with Gasteiger partial charge in [0.25, 0.3) is 0 Å². The first kappa shape index (κ1) is 5.16. The standard InChI is InChI=1S/C5H9NS/c1-5-6-3-2-4-7-5/h2-4H2,1H3. The van der Waals surface area contributed by atoms with Gasteiger partial charge in [-0.2, -0.15) is 0 Å². The molecule has 1 aliphatic heterocycles. The third kappa shape index (κ3) is 1.51. The van der Waals surface area contributed by atoms with E-state index in [1.54, 1.807) is 0 Å². The Morgan fingerprint density at radius 2 is 2.57 bits per heavy atom. The maximum Gasteiger partial charge on any atom is 0.0644 e. The number of thioether (sulfide) groups is 1. The molecule has 0 atom stereocenters. The van der Waals surface area contributed by atoms with E-state index >= 15 is 0 Å². The minimum Gasteiger partial charge on any atom is -0.283 e. The lowest BCUT2D eigenvalue weighted by Gasteiger charge is -2.04. The van der Waals surface area contributed by atoms with Crippen molar-refractivity contribution in [1.82, 2.24) is 0 Å². The van der Waals surface area contributed by atoms with Crippen molar-refractivity contribution in [1.29, 1.82) is 0 Å². The van der Waals surface area contributed by atoms with E-state index in [0.29, 0.717) is 0 Å². The minimum absolute atomic E-state index is 1.05. The van der Waals surface area contributed by atoms with Crippen LogP contribution in [0.5, 0.6) is 0 Å². The summed E-state index contributed by atoms with van der Waals surface area (Å²) < 4.78 is 0. The van der Waals surface area contributed by atoms with Gasteiger partial charge < -0.3 is 0 Å². The van der Waals surface area contributed by atoms with Crippen molar-refractivity contribution in [2.45, 2.75) is 13.3 Å². The topological polar surface area (TPSA) is 12.4 Å². The lowest BCUT2D eigenvalue weighted by Crippen LogP contribution is -1.98. The quantitative estimate of drug-likeness (QED) is 0.466. The first-order valence-electron chi connectivity index (χ1n) is 2.53. The van der Waals surface area contributed by atoms with Gasteiger partial charge in [0.15, 0.2) is 0 Å². The van der Waals surface area contributed by atoms with E-state index in [1.807, 2.05) is 11.8 Å². The Labute approximate surface area is 48.2 Å². The van der Waals surface area contributed by atoms with Crippen LogP contribution in [0.2, 0.25) is 0 Å². The summed E-state index contributed by atoms with van der Waals surface area (Å²) in [4.78, 5) is 4.21. The van der Waals surface area contributed by atoms with Crippen molar-refractivity contribution in [2.75, 3.05) is 12.3 Å². The first-order valence-corrected chi connectivity index (χ1v) is 3.52. The van der Waals surface area contributed by atoms with Crippen LogP contribution in [0.15, 0.2) is 4.99 Å². The van der Waals surface area contributed by atoms with E-state index < -0.39 is 0 Å². The third-order valence-corrected chi connectivity index (χ3v) is 1.99. The van der Waals surface area contributed by atoms with Crippen molar-refractivity contribution in [3.63, 3.8) is 0 Å². The summed E-state index contributed by atoms with van der Waals surface area (Å²) in [5, 5.41) is 1.26. The normalized spacial score (nSPS) is 21.6. The minimum atomic E-state index is 1.05. The van der Waals surface area contributed by atoms with E-state index in [4.69, 9.17) is 0 Å². The van der Waals surface area contributed by atoms with Crippen molar-refractivity contribution < 1.29 is 0 Å². The second-order valence-electron chi connectivity index (χ2n) is 1.60. The van der Waals surface area contributed by atoms with Gasteiger partial charge in [-0.05, 0) is 13.3 Å². The SMILES string of the molecule is CC1=NCCCS1. The highest BCUT2D eigenvalue weighted by Gasteiger charge is 1.97. The lowest BCUT2D eigenvalue weighted by molar-refractivity contribution is 0.938. The molecule has 0 aromatic carbocycles. The summed E-state index contributed by atoms with van der Waals surface area (Å²) >= 11 is 1.87. The number of hydrogen-bond donors (Lipinski definition) is 0. The molecule has 0 amide bonds. The van der Waals surface area contributed by atoms with Crippen LogP contribution in [-0.2, 0) is 0 Å². The molecular formula is C5H9NS. The molecule has 0 N–H and O–H groups in total. The molecule has 0 saturated carbocycles. The van der Waals surface area contributed by atoms with Crippen LogP contribution >= 0.6 is 11.8 Å². The second kappa shape index (κ2) is 2.36. The number of nitrogens with zero attached hydrogens (tertiary/aromatic N) is 1. The fourth-order valence-corrected chi connectivity index (χ4v) is 1.32. The zero-order valence-electron chi connectivity index (χ0n) is 4.48. The monoisotopic (exact) mass is 115 g/mol. The van der Waals surface area contributed by atoms with Crippen LogP contribution in [0, 0.1) is 0 Å². The van der Waals surface area contributed by atoms with Gasteiger partial charge in [0.2, 0.25) is 0 Å². The zero-order chi connectivity index (χ0) is 5.11. The molecule has 1 rings (SSSR count). The molecule has 0 unspecified atom stereocenters. The number of rotatable bonds is 0.